The SMILES string of the molecule is O=NCCc1ncccc1C(=O)N1CCSCC1. The van der Waals surface area contributed by atoms with Crippen molar-refractivity contribution >= 4 is 17.7 Å². The van der Waals surface area contributed by atoms with Crippen molar-refractivity contribution in [2.24, 2.45) is 5.18 Å². The van der Waals surface area contributed by atoms with E-state index in [1.165, 1.54) is 0 Å². The van der Waals surface area contributed by atoms with Crippen molar-refractivity contribution in [1.82, 2.24) is 9.88 Å². The molecule has 1 saturated heterocycles. The molecular weight excluding hydrogens is 250 g/mol. The summed E-state index contributed by atoms with van der Waals surface area (Å²) in [5.74, 6) is 1.98. The Hall–Kier alpha value is -1.43. The van der Waals surface area contributed by atoms with E-state index in [9.17, 15) is 9.70 Å². The Bertz CT molecular complexity index is 433. The lowest BCUT2D eigenvalue weighted by Crippen LogP contribution is -2.38. The average Bonchev–Trinajstić information content (AvgIpc) is 2.45. The maximum Gasteiger partial charge on any atom is 0.255 e. The largest absolute Gasteiger partial charge is 0.337 e. The van der Waals surface area contributed by atoms with Crippen LogP contribution in [-0.4, -0.2) is 46.9 Å². The zero-order valence-corrected chi connectivity index (χ0v) is 10.9. The molecule has 0 aromatic carbocycles. The van der Waals surface area contributed by atoms with Gasteiger partial charge in [0.1, 0.15) is 0 Å². The standard InChI is InChI=1S/C12H15N3O2S/c16-12(15-6-8-18-9-7-15)10-2-1-4-13-11(10)3-5-14-17/h1-2,4H,3,5-9H2. The molecule has 1 aliphatic rings. The van der Waals surface area contributed by atoms with Gasteiger partial charge < -0.3 is 4.90 Å². The monoisotopic (exact) mass is 265 g/mol. The van der Waals surface area contributed by atoms with Gasteiger partial charge in [0.15, 0.2) is 0 Å². The fourth-order valence-electron chi connectivity index (χ4n) is 1.92. The lowest BCUT2D eigenvalue weighted by atomic mass is 10.1. The van der Waals surface area contributed by atoms with Crippen LogP contribution in [0.25, 0.3) is 0 Å². The molecule has 0 atom stereocenters. The lowest BCUT2D eigenvalue weighted by Gasteiger charge is -2.27. The minimum Gasteiger partial charge on any atom is -0.337 e. The van der Waals surface area contributed by atoms with Gasteiger partial charge in [-0.1, -0.05) is 5.18 Å². The Labute approximate surface area is 110 Å². The average molecular weight is 265 g/mol. The number of nitroso groups, excluding NO2 is 1. The van der Waals surface area contributed by atoms with Crippen molar-refractivity contribution in [1.29, 1.82) is 0 Å². The van der Waals surface area contributed by atoms with Crippen LogP contribution in [0.1, 0.15) is 16.1 Å². The summed E-state index contributed by atoms with van der Waals surface area (Å²) >= 11 is 1.86. The molecule has 0 radical (unpaired) electrons. The summed E-state index contributed by atoms with van der Waals surface area (Å²) in [5.41, 5.74) is 1.27. The third kappa shape index (κ3) is 3.07. The predicted octanol–water partition coefficient (Wildman–Crippen LogP) is 1.58. The summed E-state index contributed by atoms with van der Waals surface area (Å²) in [7, 11) is 0. The molecule has 6 heteroatoms. The zero-order chi connectivity index (χ0) is 12.8. The number of thioether (sulfide) groups is 1. The molecule has 18 heavy (non-hydrogen) atoms. The van der Waals surface area contributed by atoms with Crippen molar-refractivity contribution in [3.05, 3.63) is 34.5 Å². The van der Waals surface area contributed by atoms with E-state index >= 15 is 0 Å². The van der Waals surface area contributed by atoms with Gasteiger partial charge in [0.2, 0.25) is 0 Å². The first-order chi connectivity index (χ1) is 8.83. The molecule has 2 rings (SSSR count). The lowest BCUT2D eigenvalue weighted by molar-refractivity contribution is 0.0770. The molecule has 0 bridgehead atoms. The van der Waals surface area contributed by atoms with Crippen molar-refractivity contribution in [2.75, 3.05) is 31.1 Å². The molecule has 5 nitrogen and oxygen atoms in total. The fourth-order valence-corrected chi connectivity index (χ4v) is 2.82. The third-order valence-electron chi connectivity index (χ3n) is 2.86. The number of hydrogen-bond donors (Lipinski definition) is 0. The number of rotatable bonds is 4. The van der Waals surface area contributed by atoms with Crippen molar-refractivity contribution in [3.63, 3.8) is 0 Å². The highest BCUT2D eigenvalue weighted by Gasteiger charge is 2.21. The minimum absolute atomic E-state index is 0.0179. The number of carbonyl (C=O) groups is 1. The van der Waals surface area contributed by atoms with Crippen LogP contribution in [-0.2, 0) is 6.42 Å². The first-order valence-electron chi connectivity index (χ1n) is 5.93. The number of hydrogen-bond acceptors (Lipinski definition) is 5. The molecule has 0 N–H and O–H groups in total. The Morgan fingerprint density at radius 2 is 2.22 bits per heavy atom. The third-order valence-corrected chi connectivity index (χ3v) is 3.80. The van der Waals surface area contributed by atoms with E-state index in [2.05, 4.69) is 10.2 Å². The van der Waals surface area contributed by atoms with Gasteiger partial charge in [0.05, 0.1) is 17.8 Å². The zero-order valence-electron chi connectivity index (χ0n) is 10.0. The van der Waals surface area contributed by atoms with Gasteiger partial charge in [0.25, 0.3) is 5.91 Å². The Morgan fingerprint density at radius 1 is 1.44 bits per heavy atom. The van der Waals surface area contributed by atoms with Gasteiger partial charge in [-0.25, -0.2) is 0 Å². The van der Waals surface area contributed by atoms with E-state index in [0.717, 1.165) is 24.6 Å². The second-order valence-electron chi connectivity index (χ2n) is 4.00. The van der Waals surface area contributed by atoms with Crippen LogP contribution < -0.4 is 0 Å². The van der Waals surface area contributed by atoms with E-state index in [-0.39, 0.29) is 12.5 Å². The number of carbonyl (C=O) groups excluding carboxylic acids is 1. The smallest absolute Gasteiger partial charge is 0.255 e. The molecule has 1 amide bonds. The van der Waals surface area contributed by atoms with E-state index in [1.54, 1.807) is 18.3 Å². The van der Waals surface area contributed by atoms with Crippen molar-refractivity contribution in [3.8, 4) is 0 Å². The summed E-state index contributed by atoms with van der Waals surface area (Å²) in [6, 6.07) is 3.53. The fraction of sp³-hybridized carbons (Fsp3) is 0.500. The highest BCUT2D eigenvalue weighted by atomic mass is 32.2. The molecule has 1 aromatic heterocycles. The van der Waals surface area contributed by atoms with E-state index in [0.29, 0.717) is 17.7 Å². The quantitative estimate of drug-likeness (QED) is 0.775. The van der Waals surface area contributed by atoms with Crippen LogP contribution in [0.15, 0.2) is 23.5 Å². The topological polar surface area (TPSA) is 62.6 Å². The molecule has 0 spiro atoms. The number of amides is 1. The Morgan fingerprint density at radius 3 is 2.94 bits per heavy atom. The van der Waals surface area contributed by atoms with Crippen LogP contribution in [0.2, 0.25) is 0 Å². The van der Waals surface area contributed by atoms with Gasteiger partial charge in [0, 0.05) is 37.2 Å². The van der Waals surface area contributed by atoms with E-state index in [4.69, 9.17) is 0 Å². The Balaban J connectivity index is 2.15. The molecule has 1 fully saturated rings. The van der Waals surface area contributed by atoms with Crippen LogP contribution in [0.5, 0.6) is 0 Å². The number of nitrogens with zero attached hydrogens (tertiary/aromatic N) is 3. The molecule has 0 saturated carbocycles. The van der Waals surface area contributed by atoms with Crippen LogP contribution in [0, 0.1) is 4.91 Å². The molecule has 1 aromatic rings. The number of aromatic nitrogens is 1. The summed E-state index contributed by atoms with van der Waals surface area (Å²) in [4.78, 5) is 28.6. The maximum atomic E-state index is 12.4. The summed E-state index contributed by atoms with van der Waals surface area (Å²) in [5, 5.41) is 2.83. The van der Waals surface area contributed by atoms with Crippen LogP contribution in [0.3, 0.4) is 0 Å². The van der Waals surface area contributed by atoms with Crippen molar-refractivity contribution < 1.29 is 4.79 Å². The predicted molar refractivity (Wildman–Crippen MR) is 71.8 cm³/mol. The molecule has 0 aliphatic carbocycles. The first-order valence-corrected chi connectivity index (χ1v) is 7.08. The highest BCUT2D eigenvalue weighted by Crippen LogP contribution is 2.15. The number of pyridine rings is 1. The van der Waals surface area contributed by atoms with Crippen LogP contribution in [0.4, 0.5) is 0 Å². The second-order valence-corrected chi connectivity index (χ2v) is 5.23. The molecule has 96 valence electrons. The highest BCUT2D eigenvalue weighted by molar-refractivity contribution is 7.99. The van der Waals surface area contributed by atoms with E-state index < -0.39 is 0 Å². The second kappa shape index (κ2) is 6.49. The van der Waals surface area contributed by atoms with Gasteiger partial charge in [-0.3, -0.25) is 9.78 Å². The summed E-state index contributed by atoms with van der Waals surface area (Å²) < 4.78 is 0. The summed E-state index contributed by atoms with van der Waals surface area (Å²) in [6.45, 7) is 1.72. The summed E-state index contributed by atoms with van der Waals surface area (Å²) in [6.07, 6.45) is 2.07. The van der Waals surface area contributed by atoms with Gasteiger partial charge >= 0.3 is 0 Å². The minimum atomic E-state index is 0.0179. The molecule has 0 unspecified atom stereocenters. The normalized spacial score (nSPS) is 15.4. The van der Waals surface area contributed by atoms with Crippen molar-refractivity contribution in [2.45, 2.75) is 6.42 Å². The molecule has 2 heterocycles. The van der Waals surface area contributed by atoms with E-state index in [1.807, 2.05) is 16.7 Å². The van der Waals surface area contributed by atoms with Crippen LogP contribution >= 0.6 is 11.8 Å². The maximum absolute atomic E-state index is 12.4. The van der Waals surface area contributed by atoms with Gasteiger partial charge in [-0.05, 0) is 12.1 Å². The van der Waals surface area contributed by atoms with Gasteiger partial charge in [-0.2, -0.15) is 16.7 Å². The molecular formula is C12H15N3O2S. The first kappa shape index (κ1) is 13.0. The van der Waals surface area contributed by atoms with Gasteiger partial charge in [-0.15, -0.1) is 0 Å². The Kier molecular flexibility index (Phi) is 4.69. The molecule has 1 aliphatic heterocycles.